The number of aldehydes is 1. The Labute approximate surface area is 86.1 Å². The van der Waals surface area contributed by atoms with E-state index in [2.05, 4.69) is 0 Å². The molecule has 0 aliphatic heterocycles. The predicted octanol–water partition coefficient (Wildman–Crippen LogP) is 1.78. The van der Waals surface area contributed by atoms with Gasteiger partial charge in [0, 0.05) is 17.7 Å². The van der Waals surface area contributed by atoms with E-state index in [0.29, 0.717) is 23.0 Å². The molecule has 0 spiro atoms. The zero-order valence-corrected chi connectivity index (χ0v) is 8.06. The van der Waals surface area contributed by atoms with Crippen molar-refractivity contribution < 1.29 is 9.72 Å². The summed E-state index contributed by atoms with van der Waals surface area (Å²) in [5, 5.41) is 19.1. The van der Waals surface area contributed by atoms with E-state index >= 15 is 0 Å². The largest absolute Gasteiger partial charge is 0.298 e. The molecule has 0 fully saturated rings. The van der Waals surface area contributed by atoms with Gasteiger partial charge in [-0.3, -0.25) is 14.9 Å². The molecule has 0 radical (unpaired) electrons. The molecule has 0 aromatic heterocycles. The van der Waals surface area contributed by atoms with Gasteiger partial charge in [0.15, 0.2) is 6.29 Å². The number of rotatable bonds is 3. The Morgan fingerprint density at radius 1 is 1.60 bits per heavy atom. The molecular formula is C10H8N2O3. The number of non-ortho nitro benzene ring substituents is 1. The fourth-order valence-corrected chi connectivity index (χ4v) is 1.36. The third-order valence-corrected chi connectivity index (χ3v) is 2.06. The highest BCUT2D eigenvalue weighted by atomic mass is 16.6. The van der Waals surface area contributed by atoms with Gasteiger partial charge in [-0.2, -0.15) is 5.26 Å². The van der Waals surface area contributed by atoms with Crippen LogP contribution in [0.15, 0.2) is 12.1 Å². The zero-order chi connectivity index (χ0) is 11.4. The number of hydrogen-bond donors (Lipinski definition) is 0. The van der Waals surface area contributed by atoms with Gasteiger partial charge in [-0.05, 0) is 18.1 Å². The summed E-state index contributed by atoms with van der Waals surface area (Å²) in [6.07, 6.45) is 0.613. The van der Waals surface area contributed by atoms with Crippen molar-refractivity contribution in [2.24, 2.45) is 0 Å². The van der Waals surface area contributed by atoms with Crippen LogP contribution >= 0.6 is 0 Å². The molecule has 5 nitrogen and oxygen atoms in total. The van der Waals surface area contributed by atoms with Crippen LogP contribution < -0.4 is 0 Å². The summed E-state index contributed by atoms with van der Waals surface area (Å²) in [5.41, 5.74) is 1.19. The van der Waals surface area contributed by atoms with E-state index in [-0.39, 0.29) is 12.1 Å². The van der Waals surface area contributed by atoms with Crippen LogP contribution in [0.4, 0.5) is 5.69 Å². The van der Waals surface area contributed by atoms with Crippen molar-refractivity contribution in [3.05, 3.63) is 38.9 Å². The van der Waals surface area contributed by atoms with Crippen molar-refractivity contribution in [3.8, 4) is 6.07 Å². The Hall–Kier alpha value is -2.22. The molecule has 0 aliphatic carbocycles. The summed E-state index contributed by atoms with van der Waals surface area (Å²) in [5.74, 6) is 0. The van der Waals surface area contributed by atoms with E-state index in [4.69, 9.17) is 5.26 Å². The van der Waals surface area contributed by atoms with Crippen LogP contribution in [0.2, 0.25) is 0 Å². The van der Waals surface area contributed by atoms with Crippen molar-refractivity contribution in [3.63, 3.8) is 0 Å². The van der Waals surface area contributed by atoms with E-state index in [1.807, 2.05) is 6.07 Å². The Morgan fingerprint density at radius 2 is 2.27 bits per heavy atom. The Morgan fingerprint density at radius 3 is 2.73 bits per heavy atom. The Bertz CT molecular complexity index is 460. The van der Waals surface area contributed by atoms with E-state index < -0.39 is 4.92 Å². The minimum atomic E-state index is -0.539. The van der Waals surface area contributed by atoms with Gasteiger partial charge in [0.2, 0.25) is 0 Å². The minimum absolute atomic E-state index is 0.00338. The number of nitro groups is 1. The number of benzene rings is 1. The highest BCUT2D eigenvalue weighted by Crippen LogP contribution is 2.21. The monoisotopic (exact) mass is 204 g/mol. The fraction of sp³-hybridized carbons (Fsp3) is 0.200. The number of carbonyl (C=O) groups is 1. The lowest BCUT2D eigenvalue weighted by Crippen LogP contribution is -1.98. The number of nitrogens with zero attached hydrogens (tertiary/aromatic N) is 2. The molecule has 0 aliphatic rings. The highest BCUT2D eigenvalue weighted by Gasteiger charge is 2.13. The topological polar surface area (TPSA) is 84.0 Å². The first-order valence-corrected chi connectivity index (χ1v) is 4.20. The Balaban J connectivity index is 3.39. The second-order valence-electron chi connectivity index (χ2n) is 3.05. The van der Waals surface area contributed by atoms with Gasteiger partial charge >= 0.3 is 0 Å². The maximum atomic E-state index is 10.7. The number of aryl methyl sites for hydroxylation is 1. The molecule has 0 saturated heterocycles. The van der Waals surface area contributed by atoms with Gasteiger partial charge in [0.25, 0.3) is 5.69 Å². The molecule has 0 unspecified atom stereocenters. The summed E-state index contributed by atoms with van der Waals surface area (Å²) in [6.45, 7) is 1.61. The third kappa shape index (κ3) is 2.17. The quantitative estimate of drug-likeness (QED) is 0.426. The lowest BCUT2D eigenvalue weighted by molar-refractivity contribution is -0.385. The van der Waals surface area contributed by atoms with Crippen molar-refractivity contribution in [2.75, 3.05) is 0 Å². The van der Waals surface area contributed by atoms with Crippen LogP contribution in [0.5, 0.6) is 0 Å². The molecule has 0 bridgehead atoms. The molecular weight excluding hydrogens is 196 g/mol. The average molecular weight is 204 g/mol. The van der Waals surface area contributed by atoms with Gasteiger partial charge in [-0.25, -0.2) is 0 Å². The van der Waals surface area contributed by atoms with Crippen molar-refractivity contribution in [2.45, 2.75) is 13.3 Å². The first kappa shape index (κ1) is 10.9. The van der Waals surface area contributed by atoms with Crippen LogP contribution in [-0.2, 0) is 6.42 Å². The summed E-state index contributed by atoms with van der Waals surface area (Å²) in [7, 11) is 0. The molecule has 76 valence electrons. The molecule has 5 heteroatoms. The fourth-order valence-electron chi connectivity index (χ4n) is 1.36. The minimum Gasteiger partial charge on any atom is -0.298 e. The number of nitriles is 1. The summed E-state index contributed by atoms with van der Waals surface area (Å²) in [4.78, 5) is 20.7. The molecule has 0 amide bonds. The molecule has 0 N–H and O–H groups in total. The first-order chi connectivity index (χ1) is 7.10. The molecule has 15 heavy (non-hydrogen) atoms. The SMILES string of the molecule is Cc1cc([N+](=O)[O-])cc(CC#N)c1C=O. The lowest BCUT2D eigenvalue weighted by atomic mass is 10.00. The van der Waals surface area contributed by atoms with Crippen LogP contribution in [0.1, 0.15) is 21.5 Å². The van der Waals surface area contributed by atoms with E-state index in [1.54, 1.807) is 6.92 Å². The van der Waals surface area contributed by atoms with Crippen molar-refractivity contribution in [1.29, 1.82) is 5.26 Å². The summed E-state index contributed by atoms with van der Waals surface area (Å²) < 4.78 is 0. The standard InChI is InChI=1S/C10H8N2O3/c1-7-4-9(12(14)15)5-8(2-3-11)10(7)6-13/h4-6H,2H2,1H3. The number of nitro benzene ring substituents is 1. The predicted molar refractivity (Wildman–Crippen MR) is 52.5 cm³/mol. The smallest absolute Gasteiger partial charge is 0.270 e. The van der Waals surface area contributed by atoms with Crippen LogP contribution in [0, 0.1) is 28.4 Å². The maximum absolute atomic E-state index is 10.7. The maximum Gasteiger partial charge on any atom is 0.270 e. The van der Waals surface area contributed by atoms with E-state index in [9.17, 15) is 14.9 Å². The highest BCUT2D eigenvalue weighted by molar-refractivity contribution is 5.80. The number of hydrogen-bond acceptors (Lipinski definition) is 4. The molecule has 1 rings (SSSR count). The van der Waals surface area contributed by atoms with E-state index in [1.165, 1.54) is 12.1 Å². The van der Waals surface area contributed by atoms with Crippen molar-refractivity contribution >= 4 is 12.0 Å². The van der Waals surface area contributed by atoms with Crippen LogP contribution in [-0.4, -0.2) is 11.2 Å². The summed E-state index contributed by atoms with van der Waals surface area (Å²) >= 11 is 0. The molecule has 1 aromatic rings. The second-order valence-corrected chi connectivity index (χ2v) is 3.05. The molecule has 0 saturated carbocycles. The lowest BCUT2D eigenvalue weighted by Gasteiger charge is -2.03. The summed E-state index contributed by atoms with van der Waals surface area (Å²) in [6, 6.07) is 4.46. The normalized spacial score (nSPS) is 9.33. The zero-order valence-electron chi connectivity index (χ0n) is 8.06. The average Bonchev–Trinajstić information content (AvgIpc) is 2.17. The Kier molecular flexibility index (Phi) is 3.13. The van der Waals surface area contributed by atoms with E-state index in [0.717, 1.165) is 0 Å². The van der Waals surface area contributed by atoms with Crippen LogP contribution in [0.3, 0.4) is 0 Å². The van der Waals surface area contributed by atoms with Gasteiger partial charge in [0.05, 0.1) is 17.4 Å². The van der Waals surface area contributed by atoms with Gasteiger partial charge < -0.3 is 0 Å². The van der Waals surface area contributed by atoms with Crippen LogP contribution in [0.25, 0.3) is 0 Å². The molecule has 1 aromatic carbocycles. The first-order valence-electron chi connectivity index (χ1n) is 4.20. The van der Waals surface area contributed by atoms with Crippen molar-refractivity contribution in [1.82, 2.24) is 0 Å². The molecule has 0 heterocycles. The number of carbonyl (C=O) groups excluding carboxylic acids is 1. The van der Waals surface area contributed by atoms with Gasteiger partial charge in [0.1, 0.15) is 0 Å². The van der Waals surface area contributed by atoms with Gasteiger partial charge in [-0.1, -0.05) is 0 Å². The second kappa shape index (κ2) is 4.33. The molecule has 0 atom stereocenters. The van der Waals surface area contributed by atoms with Gasteiger partial charge in [-0.15, -0.1) is 0 Å². The third-order valence-electron chi connectivity index (χ3n) is 2.06.